The maximum Gasteiger partial charge on any atom is 0.193 e. The quantitative estimate of drug-likeness (QED) is 0.386. The van der Waals surface area contributed by atoms with Gasteiger partial charge in [0.05, 0.1) is 17.4 Å². The summed E-state index contributed by atoms with van der Waals surface area (Å²) < 4.78 is 0. The Morgan fingerprint density at radius 3 is 2.29 bits per heavy atom. The summed E-state index contributed by atoms with van der Waals surface area (Å²) in [5, 5.41) is 17.4. The highest BCUT2D eigenvalue weighted by atomic mass is 16.3. The predicted octanol–water partition coefficient (Wildman–Crippen LogP) is 6.46. The average Bonchev–Trinajstić information content (AvgIpc) is 2.97. The second-order valence-electron chi connectivity index (χ2n) is 10.5. The van der Waals surface area contributed by atoms with Crippen LogP contribution in [0.5, 0.6) is 5.75 Å². The molecule has 1 atom stereocenters. The number of anilines is 2. The first-order valence-corrected chi connectivity index (χ1v) is 12.0. The topological polar surface area (TPSA) is 78.4 Å². The first kappa shape index (κ1) is 22.9. The second kappa shape index (κ2) is 8.42. The van der Waals surface area contributed by atoms with E-state index in [0.29, 0.717) is 17.5 Å². The monoisotopic (exact) mass is 466 g/mol. The summed E-state index contributed by atoms with van der Waals surface area (Å²) in [6, 6.07) is 18.3. The van der Waals surface area contributed by atoms with Crippen LogP contribution < -0.4 is 10.6 Å². The lowest BCUT2D eigenvalue weighted by Crippen LogP contribution is -2.31. The number of nitrogens with one attached hydrogen (secondary N) is 2. The van der Waals surface area contributed by atoms with E-state index >= 15 is 0 Å². The van der Waals surface area contributed by atoms with Gasteiger partial charge in [-0.25, -0.2) is 0 Å². The number of rotatable bonds is 3. The van der Waals surface area contributed by atoms with Gasteiger partial charge < -0.3 is 15.7 Å². The van der Waals surface area contributed by atoms with Crippen molar-refractivity contribution in [3.8, 4) is 5.75 Å². The molecule has 0 fully saturated rings. The molecule has 2 aliphatic rings. The van der Waals surface area contributed by atoms with Crippen LogP contribution in [0.4, 0.5) is 11.4 Å². The number of phenolic OH excluding ortho intramolecular Hbond substituents is 1. The van der Waals surface area contributed by atoms with E-state index in [1.165, 1.54) is 0 Å². The first-order chi connectivity index (χ1) is 16.6. The number of benzene rings is 3. The van der Waals surface area contributed by atoms with Gasteiger partial charge in [-0.3, -0.25) is 9.59 Å². The third kappa shape index (κ3) is 4.23. The Kier molecular flexibility index (Phi) is 5.51. The van der Waals surface area contributed by atoms with Crippen LogP contribution in [-0.2, 0) is 4.79 Å². The van der Waals surface area contributed by atoms with Crippen molar-refractivity contribution >= 4 is 22.9 Å². The van der Waals surface area contributed by atoms with Crippen LogP contribution in [0.15, 0.2) is 71.9 Å². The molecule has 5 rings (SSSR count). The van der Waals surface area contributed by atoms with Gasteiger partial charge >= 0.3 is 0 Å². The molecule has 35 heavy (non-hydrogen) atoms. The van der Waals surface area contributed by atoms with Crippen LogP contribution in [0.1, 0.15) is 65.3 Å². The van der Waals surface area contributed by atoms with Crippen LogP contribution in [0.3, 0.4) is 0 Å². The molecular formula is C30H30N2O3. The number of aromatic hydroxyl groups is 1. The molecule has 0 saturated heterocycles. The fourth-order valence-corrected chi connectivity index (χ4v) is 5.25. The molecule has 1 aliphatic carbocycles. The molecule has 5 heteroatoms. The van der Waals surface area contributed by atoms with Crippen molar-refractivity contribution in [1.82, 2.24) is 0 Å². The van der Waals surface area contributed by atoms with Gasteiger partial charge in [-0.05, 0) is 72.7 Å². The molecule has 3 N–H and O–H groups in total. The first-order valence-electron chi connectivity index (χ1n) is 12.0. The second-order valence-corrected chi connectivity index (χ2v) is 10.5. The zero-order chi connectivity index (χ0) is 24.9. The standard InChI is InChI=1S/C30H30N2O3/c1-17-12-21(13-18(2)28(17)34)27-26-24(15-30(3,4)16-25(26)33)31-23-14-20(10-11-22(23)32-27)29(35)19-8-6-5-7-9-19/h5-14,27,31-32,34H,15-16H2,1-4H3/t27-/m0/s1. The van der Waals surface area contributed by atoms with Gasteiger partial charge in [0, 0.05) is 28.8 Å². The van der Waals surface area contributed by atoms with Gasteiger partial charge in [0.15, 0.2) is 11.6 Å². The van der Waals surface area contributed by atoms with Crippen LogP contribution >= 0.6 is 0 Å². The molecule has 0 aromatic heterocycles. The molecule has 0 bridgehead atoms. The van der Waals surface area contributed by atoms with E-state index in [4.69, 9.17) is 0 Å². The normalized spacial score (nSPS) is 18.6. The smallest absolute Gasteiger partial charge is 0.193 e. The summed E-state index contributed by atoms with van der Waals surface area (Å²) in [5.41, 5.74) is 6.73. The summed E-state index contributed by atoms with van der Waals surface area (Å²) in [6.45, 7) is 7.96. The molecule has 0 saturated carbocycles. The van der Waals surface area contributed by atoms with Crippen molar-refractivity contribution in [2.45, 2.75) is 46.6 Å². The van der Waals surface area contributed by atoms with E-state index < -0.39 is 0 Å². The molecule has 178 valence electrons. The van der Waals surface area contributed by atoms with Crippen LogP contribution in [0.25, 0.3) is 0 Å². The largest absolute Gasteiger partial charge is 0.507 e. The highest BCUT2D eigenvalue weighted by Gasteiger charge is 2.39. The Morgan fingerprint density at radius 2 is 1.60 bits per heavy atom. The molecule has 0 spiro atoms. The summed E-state index contributed by atoms with van der Waals surface area (Å²) in [4.78, 5) is 26.6. The molecule has 3 aromatic carbocycles. The Hall–Kier alpha value is -3.86. The third-order valence-electron chi connectivity index (χ3n) is 6.96. The lowest BCUT2D eigenvalue weighted by molar-refractivity contribution is -0.118. The van der Waals surface area contributed by atoms with Crippen molar-refractivity contribution < 1.29 is 14.7 Å². The number of Topliss-reactive ketones (excluding diaryl/α,β-unsaturated/α-hetero) is 1. The van der Waals surface area contributed by atoms with Crippen LogP contribution in [0, 0.1) is 19.3 Å². The molecule has 5 nitrogen and oxygen atoms in total. The Morgan fingerprint density at radius 1 is 0.914 bits per heavy atom. The van der Waals surface area contributed by atoms with Crippen LogP contribution in [-0.4, -0.2) is 16.7 Å². The summed E-state index contributed by atoms with van der Waals surface area (Å²) >= 11 is 0. The van der Waals surface area contributed by atoms with Crippen molar-refractivity contribution in [2.24, 2.45) is 5.41 Å². The number of allylic oxidation sites excluding steroid dienone is 1. The van der Waals surface area contributed by atoms with Gasteiger partial charge in [-0.15, -0.1) is 0 Å². The highest BCUT2D eigenvalue weighted by Crippen LogP contribution is 2.46. The number of aryl methyl sites for hydroxylation is 2. The van der Waals surface area contributed by atoms with Crippen molar-refractivity contribution in [2.75, 3.05) is 10.6 Å². The minimum atomic E-state index is -0.365. The van der Waals surface area contributed by atoms with Gasteiger partial charge in [0.1, 0.15) is 5.75 Å². The van der Waals surface area contributed by atoms with Crippen molar-refractivity contribution in [1.29, 1.82) is 0 Å². The number of carbonyl (C=O) groups excluding carboxylic acids is 2. The van der Waals surface area contributed by atoms with E-state index in [1.54, 1.807) is 0 Å². The number of ketones is 2. The van der Waals surface area contributed by atoms with Gasteiger partial charge in [-0.1, -0.05) is 44.2 Å². The van der Waals surface area contributed by atoms with E-state index in [-0.39, 0.29) is 28.8 Å². The highest BCUT2D eigenvalue weighted by molar-refractivity contribution is 6.10. The lowest BCUT2D eigenvalue weighted by Gasteiger charge is -2.34. The Bertz CT molecular complexity index is 1360. The molecule has 0 radical (unpaired) electrons. The molecule has 0 unspecified atom stereocenters. The molecule has 3 aromatic rings. The average molecular weight is 467 g/mol. The lowest BCUT2D eigenvalue weighted by atomic mass is 9.73. The number of hydrogen-bond acceptors (Lipinski definition) is 5. The fraction of sp³-hybridized carbons (Fsp3) is 0.267. The van der Waals surface area contributed by atoms with Crippen molar-refractivity contribution in [3.63, 3.8) is 0 Å². The van der Waals surface area contributed by atoms with E-state index in [0.717, 1.165) is 45.8 Å². The Labute approximate surface area is 205 Å². The third-order valence-corrected chi connectivity index (χ3v) is 6.96. The summed E-state index contributed by atoms with van der Waals surface area (Å²) in [6.07, 6.45) is 1.19. The number of phenols is 1. The van der Waals surface area contributed by atoms with E-state index in [2.05, 4.69) is 24.5 Å². The number of carbonyl (C=O) groups is 2. The minimum Gasteiger partial charge on any atom is -0.507 e. The maximum atomic E-state index is 13.5. The molecule has 0 amide bonds. The minimum absolute atomic E-state index is 0.0463. The molecular weight excluding hydrogens is 436 g/mol. The summed E-state index contributed by atoms with van der Waals surface area (Å²) in [5.74, 6) is 0.336. The van der Waals surface area contributed by atoms with Gasteiger partial charge in [0.2, 0.25) is 0 Å². The van der Waals surface area contributed by atoms with E-state index in [9.17, 15) is 14.7 Å². The zero-order valence-corrected chi connectivity index (χ0v) is 20.5. The predicted molar refractivity (Wildman–Crippen MR) is 139 cm³/mol. The summed E-state index contributed by atoms with van der Waals surface area (Å²) in [7, 11) is 0. The fourth-order valence-electron chi connectivity index (χ4n) is 5.25. The zero-order valence-electron chi connectivity index (χ0n) is 20.5. The number of hydrogen-bond donors (Lipinski definition) is 3. The SMILES string of the molecule is Cc1cc([C@@H]2Nc3ccc(C(=O)c4ccccc4)cc3NC3=C2C(=O)CC(C)(C)C3)cc(C)c1O. The van der Waals surface area contributed by atoms with Crippen molar-refractivity contribution in [3.05, 3.63) is 99.8 Å². The van der Waals surface area contributed by atoms with E-state index in [1.807, 2.05) is 74.5 Å². The van der Waals surface area contributed by atoms with Crippen LogP contribution in [0.2, 0.25) is 0 Å². The van der Waals surface area contributed by atoms with Gasteiger partial charge in [0.25, 0.3) is 0 Å². The Balaban J connectivity index is 1.63. The maximum absolute atomic E-state index is 13.5. The van der Waals surface area contributed by atoms with Gasteiger partial charge in [-0.2, -0.15) is 0 Å². The number of fused-ring (bicyclic) bond motifs is 1. The molecule has 1 aliphatic heterocycles. The molecule has 1 heterocycles.